The first-order valence-corrected chi connectivity index (χ1v) is 11.1. The van der Waals surface area contributed by atoms with Crippen molar-refractivity contribution in [2.45, 2.75) is 31.5 Å². The van der Waals surface area contributed by atoms with E-state index < -0.39 is 0 Å². The normalized spacial score (nSPS) is 19.3. The van der Waals surface area contributed by atoms with Gasteiger partial charge >= 0.3 is 0 Å². The van der Waals surface area contributed by atoms with E-state index in [0.29, 0.717) is 0 Å². The Morgan fingerprint density at radius 2 is 1.38 bits per heavy atom. The molecule has 2 bridgehead atoms. The number of hydrogen-bond donors (Lipinski definition) is 0. The Hall–Kier alpha value is -3.48. The molecule has 2 aliphatic heterocycles. The van der Waals surface area contributed by atoms with Crippen LogP contribution in [0.15, 0.2) is 60.7 Å². The van der Waals surface area contributed by atoms with E-state index in [1.807, 2.05) is 36.4 Å². The fourth-order valence-electron chi connectivity index (χ4n) is 5.30. The zero-order valence-electron chi connectivity index (χ0n) is 18.3. The van der Waals surface area contributed by atoms with E-state index in [1.165, 1.54) is 39.8 Å². The maximum absolute atomic E-state index is 6.32. The molecule has 0 saturated carbocycles. The highest BCUT2D eigenvalue weighted by Crippen LogP contribution is 2.54. The molecule has 3 nitrogen and oxygen atoms in total. The van der Waals surface area contributed by atoms with E-state index >= 15 is 0 Å². The van der Waals surface area contributed by atoms with Gasteiger partial charge in [0.1, 0.15) is 23.7 Å². The smallest absolute Gasteiger partial charge is 0.118 e. The van der Waals surface area contributed by atoms with Crippen LogP contribution in [-0.2, 0) is 17.6 Å². The summed E-state index contributed by atoms with van der Waals surface area (Å²) in [6.07, 6.45) is 7.86. The highest BCUT2D eigenvalue weighted by atomic mass is 16.5. The van der Waals surface area contributed by atoms with Gasteiger partial charge in [0.05, 0.1) is 14.2 Å². The minimum atomic E-state index is 0.0135. The van der Waals surface area contributed by atoms with E-state index in [9.17, 15) is 0 Å². The lowest BCUT2D eigenvalue weighted by molar-refractivity contribution is 0.0878. The van der Waals surface area contributed by atoms with Crippen LogP contribution in [0.25, 0.3) is 11.1 Å². The summed E-state index contributed by atoms with van der Waals surface area (Å²) in [6.45, 7) is 0. The second-order valence-corrected chi connectivity index (χ2v) is 8.46. The number of ether oxygens (including phenoxy) is 3. The molecule has 2 heterocycles. The predicted octanol–water partition coefficient (Wildman–Crippen LogP) is 5.94. The minimum Gasteiger partial charge on any atom is -0.497 e. The molecular formula is C29H24O3. The molecule has 3 heteroatoms. The maximum atomic E-state index is 6.32. The summed E-state index contributed by atoms with van der Waals surface area (Å²) >= 11 is 0. The van der Waals surface area contributed by atoms with Crippen LogP contribution in [0.1, 0.15) is 52.0 Å². The SMILES string of the molecule is COc1ccc(C#Cc2c3c(c4c(c2-c2ccc(OC)cc2)[C@@H]2C=C[C@H]4O2)CCC3)cc1. The molecule has 0 saturated heterocycles. The van der Waals surface area contributed by atoms with Crippen molar-refractivity contribution in [2.24, 2.45) is 0 Å². The molecule has 0 spiro atoms. The topological polar surface area (TPSA) is 27.7 Å². The lowest BCUT2D eigenvalue weighted by Gasteiger charge is -2.21. The molecule has 0 fully saturated rings. The molecule has 32 heavy (non-hydrogen) atoms. The third-order valence-electron chi connectivity index (χ3n) is 6.78. The fourth-order valence-corrected chi connectivity index (χ4v) is 5.30. The van der Waals surface area contributed by atoms with Gasteiger partial charge < -0.3 is 14.2 Å². The molecule has 2 atom stereocenters. The molecule has 3 aromatic carbocycles. The van der Waals surface area contributed by atoms with Crippen LogP contribution in [0.4, 0.5) is 0 Å². The summed E-state index contributed by atoms with van der Waals surface area (Å²) in [4.78, 5) is 0. The van der Waals surface area contributed by atoms with Gasteiger partial charge in [-0.25, -0.2) is 0 Å². The molecular weight excluding hydrogens is 396 g/mol. The first-order chi connectivity index (χ1) is 15.8. The predicted molar refractivity (Wildman–Crippen MR) is 125 cm³/mol. The van der Waals surface area contributed by atoms with E-state index in [-0.39, 0.29) is 12.2 Å². The number of rotatable bonds is 3. The largest absolute Gasteiger partial charge is 0.497 e. The zero-order valence-corrected chi connectivity index (χ0v) is 18.3. The molecule has 3 aromatic rings. The van der Waals surface area contributed by atoms with E-state index in [1.54, 1.807) is 14.2 Å². The molecule has 0 unspecified atom stereocenters. The van der Waals surface area contributed by atoms with Crippen LogP contribution in [0, 0.1) is 11.8 Å². The van der Waals surface area contributed by atoms with Crippen molar-refractivity contribution in [3.63, 3.8) is 0 Å². The summed E-state index contributed by atoms with van der Waals surface area (Å²) in [6, 6.07) is 16.3. The second-order valence-electron chi connectivity index (χ2n) is 8.46. The Morgan fingerprint density at radius 1 is 0.750 bits per heavy atom. The van der Waals surface area contributed by atoms with Crippen molar-refractivity contribution in [2.75, 3.05) is 14.2 Å². The van der Waals surface area contributed by atoms with Gasteiger partial charge in [0.2, 0.25) is 0 Å². The van der Waals surface area contributed by atoms with Gasteiger partial charge in [0.25, 0.3) is 0 Å². The fraction of sp³-hybridized carbons (Fsp3) is 0.241. The molecule has 0 N–H and O–H groups in total. The summed E-state index contributed by atoms with van der Waals surface area (Å²) in [7, 11) is 3.38. The van der Waals surface area contributed by atoms with Gasteiger partial charge in [-0.3, -0.25) is 0 Å². The average molecular weight is 421 g/mol. The van der Waals surface area contributed by atoms with Gasteiger partial charge in [-0.1, -0.05) is 36.1 Å². The Morgan fingerprint density at radius 3 is 2.06 bits per heavy atom. The first-order valence-electron chi connectivity index (χ1n) is 11.1. The third-order valence-corrected chi connectivity index (χ3v) is 6.78. The Balaban J connectivity index is 1.58. The minimum absolute atomic E-state index is 0.0135. The Bertz CT molecular complexity index is 1290. The van der Waals surface area contributed by atoms with Crippen LogP contribution in [0.2, 0.25) is 0 Å². The molecule has 158 valence electrons. The van der Waals surface area contributed by atoms with Crippen molar-refractivity contribution in [3.8, 4) is 34.5 Å². The van der Waals surface area contributed by atoms with Gasteiger partial charge in [-0.05, 0) is 77.9 Å². The van der Waals surface area contributed by atoms with Crippen molar-refractivity contribution in [1.29, 1.82) is 0 Å². The monoisotopic (exact) mass is 420 g/mol. The highest BCUT2D eigenvalue weighted by Gasteiger charge is 2.41. The maximum Gasteiger partial charge on any atom is 0.118 e. The van der Waals surface area contributed by atoms with Crippen LogP contribution >= 0.6 is 0 Å². The second kappa shape index (κ2) is 7.58. The van der Waals surface area contributed by atoms with E-state index in [4.69, 9.17) is 14.2 Å². The van der Waals surface area contributed by atoms with Crippen LogP contribution < -0.4 is 9.47 Å². The number of hydrogen-bond acceptors (Lipinski definition) is 3. The third kappa shape index (κ3) is 2.95. The Labute approximate surface area is 188 Å². The molecule has 0 radical (unpaired) electrons. The van der Waals surface area contributed by atoms with Gasteiger partial charge in [0, 0.05) is 22.3 Å². The molecule has 0 amide bonds. The molecule has 6 rings (SSSR count). The summed E-state index contributed by atoms with van der Waals surface area (Å²) < 4.78 is 17.0. The lowest BCUT2D eigenvalue weighted by atomic mass is 9.80. The lowest BCUT2D eigenvalue weighted by Crippen LogP contribution is -2.06. The number of fused-ring (bicyclic) bond motifs is 7. The number of benzene rings is 3. The average Bonchev–Trinajstić information content (AvgIpc) is 3.59. The summed E-state index contributed by atoms with van der Waals surface area (Å²) in [5, 5.41) is 0. The van der Waals surface area contributed by atoms with Crippen LogP contribution in [0.5, 0.6) is 11.5 Å². The van der Waals surface area contributed by atoms with Gasteiger partial charge in [-0.2, -0.15) is 0 Å². The molecule has 3 aliphatic rings. The van der Waals surface area contributed by atoms with Gasteiger partial charge in [-0.15, -0.1) is 0 Å². The standard InChI is InChI=1S/C29H24O3/c1-30-20-11-6-18(7-12-20)8-15-24-22-4-3-5-23(22)28-25-16-17-26(32-25)29(28)27(24)19-9-13-21(31-2)14-10-19/h6-7,9-14,16-17,25-26H,3-5H2,1-2H3/t25-,26+/m1/s1. The number of methoxy groups -OCH3 is 2. The highest BCUT2D eigenvalue weighted by molar-refractivity contribution is 5.82. The van der Waals surface area contributed by atoms with Gasteiger partial charge in [0.15, 0.2) is 0 Å². The zero-order chi connectivity index (χ0) is 21.7. The summed E-state index contributed by atoms with van der Waals surface area (Å²) in [5.41, 5.74) is 10.1. The van der Waals surface area contributed by atoms with E-state index in [2.05, 4.69) is 36.1 Å². The first kappa shape index (κ1) is 19.2. The van der Waals surface area contributed by atoms with Crippen molar-refractivity contribution >= 4 is 0 Å². The quantitative estimate of drug-likeness (QED) is 0.388. The van der Waals surface area contributed by atoms with Crippen molar-refractivity contribution in [1.82, 2.24) is 0 Å². The molecule has 1 aliphatic carbocycles. The van der Waals surface area contributed by atoms with E-state index in [0.717, 1.165) is 35.5 Å². The van der Waals surface area contributed by atoms with Crippen molar-refractivity contribution < 1.29 is 14.2 Å². The Kier molecular flexibility index (Phi) is 4.56. The molecule has 0 aromatic heterocycles. The van der Waals surface area contributed by atoms with Crippen LogP contribution in [-0.4, -0.2) is 14.2 Å². The van der Waals surface area contributed by atoms with Crippen LogP contribution in [0.3, 0.4) is 0 Å². The van der Waals surface area contributed by atoms with Crippen molar-refractivity contribution in [3.05, 3.63) is 94.1 Å². The summed E-state index contributed by atoms with van der Waals surface area (Å²) in [5.74, 6) is 8.70.